The minimum absolute atomic E-state index is 0.0271. The zero-order valence-corrected chi connectivity index (χ0v) is 22.9. The summed E-state index contributed by atoms with van der Waals surface area (Å²) in [7, 11) is 0. The van der Waals surface area contributed by atoms with E-state index in [0.717, 1.165) is 11.1 Å². The molecule has 40 heavy (non-hydrogen) atoms. The van der Waals surface area contributed by atoms with E-state index in [4.69, 9.17) is 14.2 Å². The molecule has 3 N–H and O–H groups in total. The third kappa shape index (κ3) is 7.31. The number of aliphatic carboxylic acids is 1. The van der Waals surface area contributed by atoms with Crippen LogP contribution in [0.4, 0.5) is 9.59 Å². The molecule has 210 valence electrons. The van der Waals surface area contributed by atoms with Crippen LogP contribution in [0.25, 0.3) is 0 Å². The van der Waals surface area contributed by atoms with Crippen molar-refractivity contribution in [2.45, 2.75) is 64.3 Å². The van der Waals surface area contributed by atoms with E-state index in [1.165, 1.54) is 0 Å². The van der Waals surface area contributed by atoms with Gasteiger partial charge in [-0.05, 0) is 56.9 Å². The second kappa shape index (κ2) is 12.1. The molecular formula is C31H34N2O7. The summed E-state index contributed by atoms with van der Waals surface area (Å²) < 4.78 is 16.9. The van der Waals surface area contributed by atoms with Crippen LogP contribution in [-0.2, 0) is 40.3 Å². The van der Waals surface area contributed by atoms with Crippen molar-refractivity contribution < 1.29 is 33.7 Å². The number of fused-ring (bicyclic) bond motifs is 1. The van der Waals surface area contributed by atoms with Crippen LogP contribution in [0, 0.1) is 0 Å². The third-order valence-electron chi connectivity index (χ3n) is 6.51. The van der Waals surface area contributed by atoms with Gasteiger partial charge >= 0.3 is 18.2 Å². The predicted octanol–water partition coefficient (Wildman–Crippen LogP) is 5.74. The summed E-state index contributed by atoms with van der Waals surface area (Å²) in [5, 5.41) is 15.5. The Hall–Kier alpha value is -4.53. The lowest BCUT2D eigenvalue weighted by Crippen LogP contribution is -2.58. The highest BCUT2D eigenvalue weighted by molar-refractivity contribution is 5.85. The van der Waals surface area contributed by atoms with Gasteiger partial charge in [-0.25, -0.2) is 14.4 Å². The van der Waals surface area contributed by atoms with Crippen molar-refractivity contribution in [1.82, 2.24) is 10.6 Å². The van der Waals surface area contributed by atoms with Crippen molar-refractivity contribution in [2.24, 2.45) is 0 Å². The average Bonchev–Trinajstić information content (AvgIpc) is 2.91. The summed E-state index contributed by atoms with van der Waals surface area (Å²) in [6.45, 7) is 5.48. The molecule has 0 radical (unpaired) electrons. The van der Waals surface area contributed by atoms with Gasteiger partial charge in [0.15, 0.2) is 0 Å². The maximum atomic E-state index is 12.6. The number of rotatable bonds is 8. The average molecular weight is 547 g/mol. The minimum atomic E-state index is -1.54. The van der Waals surface area contributed by atoms with E-state index < -0.39 is 29.3 Å². The summed E-state index contributed by atoms with van der Waals surface area (Å²) in [6, 6.07) is 22.2. The summed E-state index contributed by atoms with van der Waals surface area (Å²) in [5.41, 5.74) is 0.921. The molecule has 3 aromatic rings. The Balaban J connectivity index is 1.48. The molecule has 2 amide bonds. The molecule has 0 saturated heterocycles. The number of carbonyl (C=O) groups is 3. The summed E-state index contributed by atoms with van der Waals surface area (Å²) in [5.74, 6) is -0.156. The first kappa shape index (κ1) is 28.5. The number of aryl methyl sites for hydroxylation is 1. The van der Waals surface area contributed by atoms with Gasteiger partial charge in [0.2, 0.25) is 0 Å². The van der Waals surface area contributed by atoms with Gasteiger partial charge in [-0.1, -0.05) is 60.7 Å². The number of amides is 2. The van der Waals surface area contributed by atoms with Gasteiger partial charge in [-0.15, -0.1) is 0 Å². The quantitative estimate of drug-likeness (QED) is 0.329. The van der Waals surface area contributed by atoms with E-state index in [0.29, 0.717) is 29.0 Å². The van der Waals surface area contributed by atoms with Crippen molar-refractivity contribution in [1.29, 1.82) is 0 Å². The molecule has 0 aromatic heterocycles. The van der Waals surface area contributed by atoms with Crippen LogP contribution >= 0.6 is 0 Å². The zero-order chi connectivity index (χ0) is 28.8. The van der Waals surface area contributed by atoms with E-state index in [2.05, 4.69) is 10.6 Å². The number of para-hydroxylation sites is 1. The summed E-state index contributed by atoms with van der Waals surface area (Å²) >= 11 is 0. The number of hydrogen-bond donors (Lipinski definition) is 3. The van der Waals surface area contributed by atoms with Gasteiger partial charge in [0.05, 0.1) is 0 Å². The van der Waals surface area contributed by atoms with Crippen molar-refractivity contribution in [3.8, 4) is 11.5 Å². The molecule has 0 spiro atoms. The van der Waals surface area contributed by atoms with Crippen molar-refractivity contribution in [3.05, 3.63) is 95.1 Å². The largest absolute Gasteiger partial charge is 0.479 e. The molecule has 9 nitrogen and oxygen atoms in total. The Kier molecular flexibility index (Phi) is 8.62. The highest BCUT2D eigenvalue weighted by Crippen LogP contribution is 2.37. The zero-order valence-electron chi connectivity index (χ0n) is 22.9. The van der Waals surface area contributed by atoms with Crippen LogP contribution in [0.2, 0.25) is 0 Å². The first-order valence-corrected chi connectivity index (χ1v) is 13.1. The number of ether oxygens (including phenoxy) is 3. The lowest BCUT2D eigenvalue weighted by Gasteiger charge is -2.36. The predicted molar refractivity (Wildman–Crippen MR) is 148 cm³/mol. The highest BCUT2D eigenvalue weighted by Gasteiger charge is 2.44. The summed E-state index contributed by atoms with van der Waals surface area (Å²) in [4.78, 5) is 37.3. The number of carboxylic acids is 1. The normalized spacial score (nSPS) is 16.3. The molecular weight excluding hydrogens is 512 g/mol. The van der Waals surface area contributed by atoms with E-state index in [-0.39, 0.29) is 26.0 Å². The SMILES string of the molecule is CC(C)(C)OC(=O)N[C@]1(C(=O)O)CCc2cccc(Oc3ccccc3CNC(=O)OCc3ccccc3)c2C1. The Morgan fingerprint density at radius 3 is 2.33 bits per heavy atom. The van der Waals surface area contributed by atoms with Gasteiger partial charge in [-0.2, -0.15) is 0 Å². The molecule has 0 bridgehead atoms. The molecule has 3 aromatic carbocycles. The van der Waals surface area contributed by atoms with E-state index in [9.17, 15) is 19.5 Å². The smallest absolute Gasteiger partial charge is 0.408 e. The van der Waals surface area contributed by atoms with Gasteiger partial charge in [-0.3, -0.25) is 0 Å². The second-order valence-electron chi connectivity index (χ2n) is 10.7. The van der Waals surface area contributed by atoms with Gasteiger partial charge in [0, 0.05) is 24.1 Å². The maximum Gasteiger partial charge on any atom is 0.408 e. The van der Waals surface area contributed by atoms with Crippen LogP contribution < -0.4 is 15.4 Å². The van der Waals surface area contributed by atoms with Gasteiger partial charge in [0.1, 0.15) is 29.2 Å². The van der Waals surface area contributed by atoms with Crippen LogP contribution in [0.1, 0.15) is 49.4 Å². The van der Waals surface area contributed by atoms with Gasteiger partial charge < -0.3 is 30.0 Å². The summed E-state index contributed by atoms with van der Waals surface area (Å²) in [6.07, 6.45) is -0.670. The minimum Gasteiger partial charge on any atom is -0.479 e. The lowest BCUT2D eigenvalue weighted by atomic mass is 9.77. The number of nitrogens with one attached hydrogen (secondary N) is 2. The Morgan fingerprint density at radius 1 is 0.900 bits per heavy atom. The molecule has 0 unspecified atom stereocenters. The number of benzene rings is 3. The topological polar surface area (TPSA) is 123 Å². The van der Waals surface area contributed by atoms with Crippen molar-refractivity contribution >= 4 is 18.2 Å². The van der Waals surface area contributed by atoms with E-state index in [1.807, 2.05) is 60.7 Å². The van der Waals surface area contributed by atoms with E-state index in [1.54, 1.807) is 32.9 Å². The molecule has 9 heteroatoms. The van der Waals surface area contributed by atoms with Crippen molar-refractivity contribution in [2.75, 3.05) is 0 Å². The number of carboxylic acid groups (broad SMARTS) is 1. The first-order valence-electron chi connectivity index (χ1n) is 13.1. The number of alkyl carbamates (subject to hydrolysis) is 2. The highest BCUT2D eigenvalue weighted by atomic mass is 16.6. The second-order valence-corrected chi connectivity index (χ2v) is 10.7. The standard InChI is InChI=1S/C31H34N2O7/c1-30(2,3)40-29(37)33-31(27(34)35)17-16-22-13-9-15-26(24(22)18-31)39-25-14-8-7-12-23(25)19-32-28(36)38-20-21-10-5-4-6-11-21/h4-15H,16-20H2,1-3H3,(H,32,36)(H,33,37)(H,34,35)/t31-/m1/s1. The Morgan fingerprint density at radius 2 is 1.60 bits per heavy atom. The number of carbonyl (C=O) groups excluding carboxylic acids is 2. The number of hydrogen-bond acceptors (Lipinski definition) is 6. The monoisotopic (exact) mass is 546 g/mol. The van der Waals surface area contributed by atoms with Crippen LogP contribution in [-0.4, -0.2) is 34.4 Å². The molecule has 0 fully saturated rings. The fraction of sp³-hybridized carbons (Fsp3) is 0.323. The molecule has 1 aliphatic carbocycles. The van der Waals surface area contributed by atoms with Crippen LogP contribution in [0.3, 0.4) is 0 Å². The Labute approximate surface area is 233 Å². The fourth-order valence-corrected chi connectivity index (χ4v) is 4.53. The molecule has 4 rings (SSSR count). The third-order valence-corrected chi connectivity index (χ3v) is 6.51. The lowest BCUT2D eigenvalue weighted by molar-refractivity contribution is -0.145. The first-order chi connectivity index (χ1) is 19.0. The fourth-order valence-electron chi connectivity index (χ4n) is 4.53. The molecule has 1 aliphatic rings. The van der Waals surface area contributed by atoms with Crippen LogP contribution in [0.5, 0.6) is 11.5 Å². The molecule has 0 heterocycles. The maximum absolute atomic E-state index is 12.6. The van der Waals surface area contributed by atoms with Crippen LogP contribution in [0.15, 0.2) is 72.8 Å². The molecule has 0 aliphatic heterocycles. The molecule has 0 saturated carbocycles. The molecule has 1 atom stereocenters. The Bertz CT molecular complexity index is 1370. The van der Waals surface area contributed by atoms with E-state index >= 15 is 0 Å². The van der Waals surface area contributed by atoms with Crippen molar-refractivity contribution in [3.63, 3.8) is 0 Å². The van der Waals surface area contributed by atoms with Gasteiger partial charge in [0.25, 0.3) is 0 Å².